The number of fused-ring (bicyclic) bond motifs is 1. The quantitative estimate of drug-likeness (QED) is 0.537. The first kappa shape index (κ1) is 22.3. The molecule has 0 unspecified atom stereocenters. The van der Waals surface area contributed by atoms with Crippen molar-refractivity contribution in [1.29, 1.82) is 0 Å². The first-order valence-electron chi connectivity index (χ1n) is 10.7. The second kappa shape index (κ2) is 9.30. The molecule has 0 amide bonds. The topological polar surface area (TPSA) is 88.7 Å². The van der Waals surface area contributed by atoms with Crippen molar-refractivity contribution in [3.8, 4) is 28.6 Å². The first-order valence-corrected chi connectivity index (χ1v) is 11.1. The second-order valence-electron chi connectivity index (χ2n) is 8.28. The standard InChI is InChI=1S/C24H26ClN3O4/c1-14(2)31-21-7-5-16(12-20(21)25)24-26-23(27-32-24)19-6-4-17-13-28(11-9-22(29)30)10-8-18(17)15(19)3/h4-7,12,14H,8-11,13H2,1-3H3,(H,29,30). The van der Waals surface area contributed by atoms with E-state index >= 15 is 0 Å². The number of ether oxygens (including phenoxy) is 1. The van der Waals surface area contributed by atoms with Gasteiger partial charge in [0.1, 0.15) is 5.75 Å². The zero-order valence-corrected chi connectivity index (χ0v) is 19.1. The molecule has 168 valence electrons. The minimum atomic E-state index is -0.765. The van der Waals surface area contributed by atoms with Gasteiger partial charge in [-0.05, 0) is 62.1 Å². The molecule has 32 heavy (non-hydrogen) atoms. The van der Waals surface area contributed by atoms with E-state index in [9.17, 15) is 4.79 Å². The zero-order chi connectivity index (χ0) is 22.8. The molecule has 1 aromatic heterocycles. The fourth-order valence-electron chi connectivity index (χ4n) is 4.02. The largest absolute Gasteiger partial charge is 0.489 e. The summed E-state index contributed by atoms with van der Waals surface area (Å²) in [6.07, 6.45) is 1.06. The average Bonchev–Trinajstić information content (AvgIpc) is 3.23. The maximum absolute atomic E-state index is 10.9. The summed E-state index contributed by atoms with van der Waals surface area (Å²) in [7, 11) is 0. The van der Waals surface area contributed by atoms with Gasteiger partial charge in [0.25, 0.3) is 5.89 Å². The Morgan fingerprint density at radius 2 is 2.12 bits per heavy atom. The Morgan fingerprint density at radius 3 is 2.84 bits per heavy atom. The van der Waals surface area contributed by atoms with Gasteiger partial charge < -0.3 is 14.4 Å². The van der Waals surface area contributed by atoms with Gasteiger partial charge in [-0.1, -0.05) is 28.9 Å². The van der Waals surface area contributed by atoms with Gasteiger partial charge in [0.15, 0.2) is 0 Å². The van der Waals surface area contributed by atoms with Crippen molar-refractivity contribution in [3.05, 3.63) is 52.0 Å². The highest BCUT2D eigenvalue weighted by atomic mass is 35.5. The third kappa shape index (κ3) is 4.79. The third-order valence-corrected chi connectivity index (χ3v) is 5.91. The Hall–Kier alpha value is -2.90. The van der Waals surface area contributed by atoms with Crippen LogP contribution in [-0.2, 0) is 17.8 Å². The van der Waals surface area contributed by atoms with Gasteiger partial charge in [-0.2, -0.15) is 4.98 Å². The average molecular weight is 456 g/mol. The molecule has 7 nitrogen and oxygen atoms in total. The Labute approximate surface area is 192 Å². The van der Waals surface area contributed by atoms with Gasteiger partial charge >= 0.3 is 5.97 Å². The van der Waals surface area contributed by atoms with Crippen molar-refractivity contribution < 1.29 is 19.2 Å². The highest BCUT2D eigenvalue weighted by molar-refractivity contribution is 6.32. The van der Waals surface area contributed by atoms with E-state index in [1.807, 2.05) is 32.0 Å². The summed E-state index contributed by atoms with van der Waals surface area (Å²) in [5.41, 5.74) is 5.29. The summed E-state index contributed by atoms with van der Waals surface area (Å²) in [6.45, 7) is 8.13. The van der Waals surface area contributed by atoms with Crippen molar-refractivity contribution >= 4 is 17.6 Å². The molecule has 3 aromatic rings. The first-order chi connectivity index (χ1) is 15.3. The predicted octanol–water partition coefficient (Wildman–Crippen LogP) is 4.99. The van der Waals surface area contributed by atoms with Crippen LogP contribution in [0.1, 0.15) is 37.0 Å². The summed E-state index contributed by atoms with van der Waals surface area (Å²) >= 11 is 6.35. The van der Waals surface area contributed by atoms with Crippen LogP contribution in [0.4, 0.5) is 0 Å². The molecule has 1 aliphatic heterocycles. The van der Waals surface area contributed by atoms with Crippen molar-refractivity contribution in [1.82, 2.24) is 15.0 Å². The Balaban J connectivity index is 1.55. The molecule has 0 fully saturated rings. The van der Waals surface area contributed by atoms with Crippen LogP contribution in [0.25, 0.3) is 22.8 Å². The van der Waals surface area contributed by atoms with Crippen LogP contribution in [0.5, 0.6) is 5.75 Å². The van der Waals surface area contributed by atoms with Gasteiger partial charge in [-0.3, -0.25) is 9.69 Å². The van der Waals surface area contributed by atoms with E-state index in [1.54, 1.807) is 6.07 Å². The SMILES string of the molecule is Cc1c(-c2noc(-c3ccc(OC(C)C)c(Cl)c3)n2)ccc2c1CCN(CCC(=O)O)C2. The lowest BCUT2D eigenvalue weighted by Crippen LogP contribution is -2.32. The van der Waals surface area contributed by atoms with E-state index in [4.69, 9.17) is 26.0 Å². The number of rotatable bonds is 7. The molecular weight excluding hydrogens is 430 g/mol. The Kier molecular flexibility index (Phi) is 6.48. The highest BCUT2D eigenvalue weighted by Gasteiger charge is 2.22. The Morgan fingerprint density at radius 1 is 1.31 bits per heavy atom. The number of carboxylic acid groups (broad SMARTS) is 1. The molecule has 2 heterocycles. The molecule has 1 aliphatic rings. The second-order valence-corrected chi connectivity index (χ2v) is 8.69. The van der Waals surface area contributed by atoms with E-state index in [0.29, 0.717) is 29.0 Å². The maximum atomic E-state index is 10.9. The molecular formula is C24H26ClN3O4. The maximum Gasteiger partial charge on any atom is 0.304 e. The minimum Gasteiger partial charge on any atom is -0.489 e. The molecule has 1 N–H and O–H groups in total. The zero-order valence-electron chi connectivity index (χ0n) is 18.4. The molecule has 4 rings (SSSR count). The molecule has 0 spiro atoms. The number of hydrogen-bond donors (Lipinski definition) is 1. The summed E-state index contributed by atoms with van der Waals surface area (Å²) in [5.74, 6) is 0.786. The van der Waals surface area contributed by atoms with E-state index < -0.39 is 5.97 Å². The number of aromatic nitrogens is 2. The molecule has 0 atom stereocenters. The summed E-state index contributed by atoms with van der Waals surface area (Å²) in [6, 6.07) is 9.52. The smallest absolute Gasteiger partial charge is 0.304 e. The van der Waals surface area contributed by atoms with Crippen LogP contribution in [-0.4, -0.2) is 45.3 Å². The van der Waals surface area contributed by atoms with Crippen LogP contribution in [0, 0.1) is 6.92 Å². The van der Waals surface area contributed by atoms with Crippen LogP contribution in [0.2, 0.25) is 5.02 Å². The number of nitrogens with zero attached hydrogens (tertiary/aromatic N) is 3. The van der Waals surface area contributed by atoms with Gasteiger partial charge in [-0.15, -0.1) is 0 Å². The lowest BCUT2D eigenvalue weighted by atomic mass is 9.91. The molecule has 0 saturated heterocycles. The number of carboxylic acids is 1. The van der Waals surface area contributed by atoms with Crippen molar-refractivity contribution in [3.63, 3.8) is 0 Å². The molecule has 0 bridgehead atoms. The lowest BCUT2D eigenvalue weighted by Gasteiger charge is -2.29. The number of carbonyl (C=O) groups is 1. The third-order valence-electron chi connectivity index (χ3n) is 5.62. The van der Waals surface area contributed by atoms with Crippen LogP contribution < -0.4 is 4.74 Å². The fourth-order valence-corrected chi connectivity index (χ4v) is 4.24. The van der Waals surface area contributed by atoms with Crippen LogP contribution >= 0.6 is 11.6 Å². The van der Waals surface area contributed by atoms with Crippen molar-refractivity contribution in [2.45, 2.75) is 46.3 Å². The molecule has 0 radical (unpaired) electrons. The number of hydrogen-bond acceptors (Lipinski definition) is 6. The van der Waals surface area contributed by atoms with Gasteiger partial charge in [-0.25, -0.2) is 0 Å². The fraction of sp³-hybridized carbons (Fsp3) is 0.375. The molecule has 0 aliphatic carbocycles. The van der Waals surface area contributed by atoms with E-state index in [-0.39, 0.29) is 12.5 Å². The molecule has 0 saturated carbocycles. The number of halogens is 1. The molecule has 8 heteroatoms. The Bertz CT molecular complexity index is 1140. The minimum absolute atomic E-state index is 0.0320. The van der Waals surface area contributed by atoms with Crippen molar-refractivity contribution in [2.75, 3.05) is 13.1 Å². The van der Waals surface area contributed by atoms with Gasteiger partial charge in [0.2, 0.25) is 5.82 Å². The lowest BCUT2D eigenvalue weighted by molar-refractivity contribution is -0.137. The molecule has 2 aromatic carbocycles. The van der Waals surface area contributed by atoms with E-state index in [1.165, 1.54) is 11.1 Å². The van der Waals surface area contributed by atoms with Crippen LogP contribution in [0.15, 0.2) is 34.9 Å². The number of benzene rings is 2. The summed E-state index contributed by atoms with van der Waals surface area (Å²) in [5, 5.41) is 13.6. The van der Waals surface area contributed by atoms with Crippen molar-refractivity contribution in [2.24, 2.45) is 0 Å². The normalized spacial score (nSPS) is 13.9. The predicted molar refractivity (Wildman–Crippen MR) is 122 cm³/mol. The van der Waals surface area contributed by atoms with Crippen LogP contribution in [0.3, 0.4) is 0 Å². The number of aliphatic carboxylic acids is 1. The summed E-state index contributed by atoms with van der Waals surface area (Å²) in [4.78, 5) is 17.6. The van der Waals surface area contributed by atoms with E-state index in [0.717, 1.165) is 36.2 Å². The van der Waals surface area contributed by atoms with Gasteiger partial charge in [0.05, 0.1) is 17.5 Å². The van der Waals surface area contributed by atoms with Gasteiger partial charge in [0, 0.05) is 30.8 Å². The van der Waals surface area contributed by atoms with E-state index in [2.05, 4.69) is 28.0 Å². The summed E-state index contributed by atoms with van der Waals surface area (Å²) < 4.78 is 11.2. The highest BCUT2D eigenvalue weighted by Crippen LogP contribution is 2.33. The monoisotopic (exact) mass is 455 g/mol.